The van der Waals surface area contributed by atoms with E-state index in [-0.39, 0.29) is 19.4 Å². The average molecular weight is 781 g/mol. The summed E-state index contributed by atoms with van der Waals surface area (Å²) in [6, 6.07) is 0. The molecule has 0 aromatic heterocycles. The zero-order valence-corrected chi connectivity index (χ0v) is 34.0. The third kappa shape index (κ3) is 27.0. The van der Waals surface area contributed by atoms with Crippen LogP contribution < -0.4 is 0 Å². The fourth-order valence-corrected chi connectivity index (χ4v) is 7.31. The van der Waals surface area contributed by atoms with Crippen LogP contribution in [0.5, 0.6) is 0 Å². The summed E-state index contributed by atoms with van der Waals surface area (Å²) in [4.78, 5) is 25.2. The number of hydrogen-bond donors (Lipinski definition) is 4. The first-order valence-corrected chi connectivity index (χ1v) is 22.7. The molecule has 314 valence electrons. The molecule has 4 N–H and O–H groups in total. The third-order valence-corrected chi connectivity index (χ3v) is 10.7. The molecular weight excluding hydrogens is 704 g/mol. The maximum atomic E-state index is 12.8. The van der Waals surface area contributed by atoms with Gasteiger partial charge in [0, 0.05) is 12.8 Å². The zero-order chi connectivity index (χ0) is 39.2. The fraction of sp³-hybridized carbons (Fsp3) is 0.950. The second-order valence-corrected chi connectivity index (χ2v) is 16.5. The van der Waals surface area contributed by atoms with Gasteiger partial charge in [0.25, 0.3) is 10.1 Å². The number of hydrogen-bond acceptors (Lipinski definition) is 11. The lowest BCUT2D eigenvalue weighted by Crippen LogP contribution is -2.60. The molecule has 0 spiro atoms. The van der Waals surface area contributed by atoms with Gasteiger partial charge in [0.1, 0.15) is 36.8 Å². The highest BCUT2D eigenvalue weighted by atomic mass is 32.2. The summed E-state index contributed by atoms with van der Waals surface area (Å²) in [5, 5.41) is 30.8. The molecule has 1 saturated heterocycles. The lowest BCUT2D eigenvalue weighted by Gasteiger charge is -2.40. The quantitative estimate of drug-likeness (QED) is 0.0279. The number of carbonyl (C=O) groups excluding carboxylic acids is 2. The molecular formula is C40H76O12S. The molecule has 12 nitrogen and oxygen atoms in total. The van der Waals surface area contributed by atoms with Crippen LogP contribution in [-0.2, 0) is 38.7 Å². The van der Waals surface area contributed by atoms with Gasteiger partial charge >= 0.3 is 11.9 Å². The highest BCUT2D eigenvalue weighted by Crippen LogP contribution is 2.24. The van der Waals surface area contributed by atoms with Crippen LogP contribution >= 0.6 is 0 Å². The summed E-state index contributed by atoms with van der Waals surface area (Å²) in [5.74, 6) is -1.97. The Morgan fingerprint density at radius 2 is 0.962 bits per heavy atom. The van der Waals surface area contributed by atoms with Crippen molar-refractivity contribution >= 4 is 22.1 Å². The molecule has 0 aromatic rings. The molecule has 0 bridgehead atoms. The Hall–Kier alpha value is -1.35. The first-order valence-electron chi connectivity index (χ1n) is 21.1. The predicted octanol–water partition coefficient (Wildman–Crippen LogP) is 7.73. The Labute approximate surface area is 321 Å². The van der Waals surface area contributed by atoms with E-state index >= 15 is 0 Å². The third-order valence-electron chi connectivity index (χ3n) is 9.94. The standard InChI is InChI=1S/C40H76O12S/c1-3-5-7-9-11-13-14-15-16-17-18-19-21-23-25-27-29-36(42)51-33(30-49-35(41)28-26-24-22-20-12-10-8-6-4-2)31-50-40-39(45)38(44)37(43)34(52-40)32-53(46,47)48/h33-34,37-40,43-45H,3-32H2,1-2H3,(H,46,47,48). The molecule has 1 fully saturated rings. The van der Waals surface area contributed by atoms with Gasteiger partial charge in [0.05, 0.1) is 6.61 Å². The van der Waals surface area contributed by atoms with Crippen molar-refractivity contribution in [1.29, 1.82) is 0 Å². The molecule has 0 radical (unpaired) electrons. The van der Waals surface area contributed by atoms with E-state index in [1.54, 1.807) is 0 Å². The van der Waals surface area contributed by atoms with Gasteiger partial charge in [-0.05, 0) is 12.8 Å². The van der Waals surface area contributed by atoms with Crippen molar-refractivity contribution in [3.63, 3.8) is 0 Å². The van der Waals surface area contributed by atoms with Gasteiger partial charge in [-0.1, -0.05) is 162 Å². The molecule has 0 aliphatic carbocycles. The Balaban J connectivity index is 2.45. The number of ether oxygens (including phenoxy) is 4. The Morgan fingerprint density at radius 1 is 0.566 bits per heavy atom. The number of carbonyl (C=O) groups is 2. The van der Waals surface area contributed by atoms with Crippen LogP contribution in [0.4, 0.5) is 0 Å². The number of esters is 2. The van der Waals surface area contributed by atoms with Crippen molar-refractivity contribution < 1.29 is 56.8 Å². The zero-order valence-electron chi connectivity index (χ0n) is 33.1. The van der Waals surface area contributed by atoms with Gasteiger partial charge in [0.15, 0.2) is 12.4 Å². The molecule has 0 saturated carbocycles. The summed E-state index contributed by atoms with van der Waals surface area (Å²) in [6.07, 6.45) is 20.2. The van der Waals surface area contributed by atoms with Crippen molar-refractivity contribution in [2.45, 2.75) is 224 Å². The minimum Gasteiger partial charge on any atom is -0.462 e. The van der Waals surface area contributed by atoms with Crippen LogP contribution in [0.3, 0.4) is 0 Å². The highest BCUT2D eigenvalue weighted by molar-refractivity contribution is 7.85. The van der Waals surface area contributed by atoms with Gasteiger partial charge in [-0.2, -0.15) is 8.42 Å². The van der Waals surface area contributed by atoms with Crippen molar-refractivity contribution in [3.05, 3.63) is 0 Å². The molecule has 6 unspecified atom stereocenters. The number of unbranched alkanes of at least 4 members (excludes halogenated alkanes) is 23. The first-order chi connectivity index (χ1) is 25.5. The van der Waals surface area contributed by atoms with E-state index < -0.39 is 71.2 Å². The van der Waals surface area contributed by atoms with Crippen LogP contribution in [-0.4, -0.2) is 96.0 Å². The van der Waals surface area contributed by atoms with E-state index in [4.69, 9.17) is 18.9 Å². The maximum absolute atomic E-state index is 12.8. The smallest absolute Gasteiger partial charge is 0.306 e. The number of rotatable bonds is 35. The molecule has 1 aliphatic heterocycles. The highest BCUT2D eigenvalue weighted by Gasteiger charge is 2.46. The molecule has 1 heterocycles. The van der Waals surface area contributed by atoms with E-state index in [2.05, 4.69) is 13.8 Å². The molecule has 0 amide bonds. The maximum Gasteiger partial charge on any atom is 0.306 e. The van der Waals surface area contributed by atoms with Crippen molar-refractivity contribution in [2.24, 2.45) is 0 Å². The lowest BCUT2D eigenvalue weighted by molar-refractivity contribution is -0.297. The van der Waals surface area contributed by atoms with Crippen LogP contribution in [0.1, 0.15) is 187 Å². The lowest BCUT2D eigenvalue weighted by atomic mass is 10.00. The van der Waals surface area contributed by atoms with Gasteiger partial charge in [-0.3, -0.25) is 14.1 Å². The number of aliphatic hydroxyl groups is 3. The normalized spacial score (nSPS) is 21.1. The summed E-state index contributed by atoms with van der Waals surface area (Å²) >= 11 is 0. The monoisotopic (exact) mass is 781 g/mol. The SMILES string of the molecule is CCCCCCCCCCCCCCCCCCC(=O)OC(COC(=O)CCCCCCCCCCC)COC1OC(CS(=O)(=O)O)C(O)C(O)C1O. The van der Waals surface area contributed by atoms with Gasteiger partial charge < -0.3 is 34.3 Å². The molecule has 0 aromatic carbocycles. The van der Waals surface area contributed by atoms with Crippen molar-refractivity contribution in [1.82, 2.24) is 0 Å². The Morgan fingerprint density at radius 3 is 1.38 bits per heavy atom. The van der Waals surface area contributed by atoms with E-state index in [0.29, 0.717) is 12.8 Å². The minimum absolute atomic E-state index is 0.172. The van der Waals surface area contributed by atoms with Crippen LogP contribution in [0.25, 0.3) is 0 Å². The van der Waals surface area contributed by atoms with Gasteiger partial charge in [-0.15, -0.1) is 0 Å². The van der Waals surface area contributed by atoms with E-state index in [1.165, 1.54) is 109 Å². The van der Waals surface area contributed by atoms with Crippen molar-refractivity contribution in [3.8, 4) is 0 Å². The Kier molecular flexibility index (Phi) is 29.8. The predicted molar refractivity (Wildman–Crippen MR) is 206 cm³/mol. The Bertz CT molecular complexity index is 1010. The molecule has 1 aliphatic rings. The van der Waals surface area contributed by atoms with Gasteiger partial charge in [-0.25, -0.2) is 0 Å². The van der Waals surface area contributed by atoms with Crippen LogP contribution in [0, 0.1) is 0 Å². The first kappa shape index (κ1) is 49.7. The summed E-state index contributed by atoms with van der Waals surface area (Å²) in [5.41, 5.74) is 0. The largest absolute Gasteiger partial charge is 0.462 e. The molecule has 1 rings (SSSR count). The van der Waals surface area contributed by atoms with E-state index in [9.17, 15) is 37.9 Å². The second-order valence-electron chi connectivity index (χ2n) is 15.0. The van der Waals surface area contributed by atoms with E-state index in [1.807, 2.05) is 0 Å². The summed E-state index contributed by atoms with van der Waals surface area (Å²) in [6.45, 7) is 3.74. The average Bonchev–Trinajstić information content (AvgIpc) is 3.12. The second kappa shape index (κ2) is 31.8. The molecule has 6 atom stereocenters. The fourth-order valence-electron chi connectivity index (χ4n) is 6.62. The topological polar surface area (TPSA) is 186 Å². The molecule has 53 heavy (non-hydrogen) atoms. The van der Waals surface area contributed by atoms with Crippen LogP contribution in [0.15, 0.2) is 0 Å². The van der Waals surface area contributed by atoms with Crippen molar-refractivity contribution in [2.75, 3.05) is 19.0 Å². The van der Waals surface area contributed by atoms with E-state index in [0.717, 1.165) is 38.5 Å². The summed E-state index contributed by atoms with van der Waals surface area (Å²) in [7, 11) is -4.59. The minimum atomic E-state index is -4.59. The summed E-state index contributed by atoms with van der Waals surface area (Å²) < 4.78 is 53.9. The molecule has 13 heteroatoms. The van der Waals surface area contributed by atoms with Gasteiger partial charge in [0.2, 0.25) is 0 Å². The number of aliphatic hydroxyl groups excluding tert-OH is 3. The van der Waals surface area contributed by atoms with Crippen LogP contribution in [0.2, 0.25) is 0 Å².